The van der Waals surface area contributed by atoms with Gasteiger partial charge in [-0.15, -0.1) is 0 Å². The van der Waals surface area contributed by atoms with Crippen molar-refractivity contribution >= 4 is 0 Å². The van der Waals surface area contributed by atoms with Crippen LogP contribution in [0.1, 0.15) is 12.8 Å². The average Bonchev–Trinajstić information content (AvgIpc) is 2.74. The van der Waals surface area contributed by atoms with Crippen molar-refractivity contribution < 1.29 is 4.48 Å². The molecule has 2 aliphatic rings. The highest BCUT2D eigenvalue weighted by Crippen LogP contribution is 2.19. The summed E-state index contributed by atoms with van der Waals surface area (Å²) in [5, 5.41) is 3.28. The molecule has 0 radical (unpaired) electrons. The van der Waals surface area contributed by atoms with Crippen LogP contribution in [0.15, 0.2) is 0 Å². The predicted octanol–water partition coefficient (Wildman–Crippen LogP) is 0.0213. The smallest absolute Gasteiger partial charge is 0.135 e. The Balaban J connectivity index is 1.92. The van der Waals surface area contributed by atoms with Gasteiger partial charge in [0.25, 0.3) is 0 Å². The summed E-state index contributed by atoms with van der Waals surface area (Å²) >= 11 is 0. The van der Waals surface area contributed by atoms with E-state index in [4.69, 9.17) is 0 Å². The number of hydrogen-bond donors (Lipinski definition) is 1. The second-order valence-corrected chi connectivity index (χ2v) is 5.89. The molecule has 0 aromatic rings. The second-order valence-electron chi connectivity index (χ2n) is 5.89. The first-order chi connectivity index (χ1) is 8.24. The van der Waals surface area contributed by atoms with Crippen molar-refractivity contribution in [2.75, 3.05) is 73.1 Å². The summed E-state index contributed by atoms with van der Waals surface area (Å²) in [5.41, 5.74) is 0. The molecule has 17 heavy (non-hydrogen) atoms. The zero-order valence-electron chi connectivity index (χ0n) is 11.6. The second kappa shape index (κ2) is 6.14. The molecule has 0 aromatic carbocycles. The van der Waals surface area contributed by atoms with Crippen LogP contribution in [0, 0.1) is 0 Å². The molecule has 100 valence electrons. The van der Waals surface area contributed by atoms with Crippen molar-refractivity contribution in [3.63, 3.8) is 0 Å². The predicted molar refractivity (Wildman–Crippen MR) is 72.0 cm³/mol. The largest absolute Gasteiger partial charge is 0.320 e. The zero-order valence-corrected chi connectivity index (χ0v) is 11.6. The maximum Gasteiger partial charge on any atom is 0.135 e. The molecule has 2 rings (SSSR count). The van der Waals surface area contributed by atoms with Gasteiger partial charge in [-0.2, -0.15) is 0 Å². The van der Waals surface area contributed by atoms with Crippen LogP contribution in [0.5, 0.6) is 0 Å². The normalized spacial score (nSPS) is 35.3. The molecular weight excluding hydrogens is 212 g/mol. The molecule has 2 saturated heterocycles. The van der Waals surface area contributed by atoms with E-state index in [2.05, 4.69) is 29.2 Å². The third-order valence-corrected chi connectivity index (χ3v) is 4.42. The minimum Gasteiger partial charge on any atom is -0.320 e. The Hall–Kier alpha value is -0.160. The number of quaternary nitrogens is 1. The molecule has 2 bridgehead atoms. The number of nitrogens with one attached hydrogen (secondary N) is 1. The number of rotatable bonds is 4. The Morgan fingerprint density at radius 3 is 2.76 bits per heavy atom. The summed E-state index contributed by atoms with van der Waals surface area (Å²) in [7, 11) is 4.34. The molecule has 0 amide bonds. The van der Waals surface area contributed by atoms with Crippen molar-refractivity contribution in [3.8, 4) is 0 Å². The van der Waals surface area contributed by atoms with E-state index in [0.29, 0.717) is 0 Å². The van der Waals surface area contributed by atoms with Crippen LogP contribution < -0.4 is 5.32 Å². The van der Waals surface area contributed by atoms with E-state index in [1.165, 1.54) is 69.8 Å². The summed E-state index contributed by atoms with van der Waals surface area (Å²) in [6.45, 7) is 11.7. The SMILES string of the molecule is CNCCC[N+]12CCN(C)CCCN(CC1)C2. The molecule has 4 nitrogen and oxygen atoms in total. The van der Waals surface area contributed by atoms with Crippen LogP contribution in [0.2, 0.25) is 0 Å². The standard InChI is InChI=1S/C13H29N4/c1-14-5-3-10-17-11-8-15(2)6-4-7-16(13-17)9-12-17/h14H,3-13H2,1-2H3/q+1. The van der Waals surface area contributed by atoms with Gasteiger partial charge in [0, 0.05) is 26.1 Å². The summed E-state index contributed by atoms with van der Waals surface area (Å²) in [5.74, 6) is 0. The molecule has 1 N–H and O–H groups in total. The van der Waals surface area contributed by atoms with Gasteiger partial charge >= 0.3 is 0 Å². The first-order valence-electron chi connectivity index (χ1n) is 7.15. The van der Waals surface area contributed by atoms with Gasteiger partial charge in [-0.3, -0.25) is 4.90 Å². The Bertz CT molecular complexity index is 233. The molecule has 2 fully saturated rings. The molecular formula is C13H29N4+. The van der Waals surface area contributed by atoms with Gasteiger partial charge < -0.3 is 14.7 Å². The van der Waals surface area contributed by atoms with E-state index in [1.54, 1.807) is 0 Å². The van der Waals surface area contributed by atoms with E-state index in [0.717, 1.165) is 6.54 Å². The zero-order chi connectivity index (χ0) is 12.1. The van der Waals surface area contributed by atoms with Gasteiger partial charge in [-0.25, -0.2) is 0 Å². The Kier molecular flexibility index (Phi) is 4.79. The van der Waals surface area contributed by atoms with E-state index in [9.17, 15) is 0 Å². The molecule has 4 heteroatoms. The van der Waals surface area contributed by atoms with Crippen molar-refractivity contribution in [3.05, 3.63) is 0 Å². The highest BCUT2D eigenvalue weighted by Gasteiger charge is 2.36. The van der Waals surface area contributed by atoms with Crippen molar-refractivity contribution in [2.45, 2.75) is 12.8 Å². The fourth-order valence-corrected chi connectivity index (χ4v) is 3.23. The molecule has 2 aliphatic heterocycles. The van der Waals surface area contributed by atoms with Gasteiger partial charge in [0.15, 0.2) is 0 Å². The van der Waals surface area contributed by atoms with E-state index < -0.39 is 0 Å². The Morgan fingerprint density at radius 2 is 1.94 bits per heavy atom. The van der Waals surface area contributed by atoms with Gasteiger partial charge in [-0.05, 0) is 27.1 Å². The lowest BCUT2D eigenvalue weighted by atomic mass is 10.3. The molecule has 0 spiro atoms. The number of fused-ring (bicyclic) bond motifs is 2. The van der Waals surface area contributed by atoms with Crippen LogP contribution in [-0.2, 0) is 0 Å². The van der Waals surface area contributed by atoms with Crippen LogP contribution in [-0.4, -0.2) is 87.4 Å². The van der Waals surface area contributed by atoms with Crippen molar-refractivity contribution in [1.82, 2.24) is 15.1 Å². The maximum absolute atomic E-state index is 3.28. The third-order valence-electron chi connectivity index (χ3n) is 4.42. The number of nitrogens with zero attached hydrogens (tertiary/aromatic N) is 3. The topological polar surface area (TPSA) is 18.5 Å². The van der Waals surface area contributed by atoms with Gasteiger partial charge in [0.2, 0.25) is 0 Å². The minimum atomic E-state index is 1.16. The number of likely N-dealkylation sites (N-methyl/N-ethyl adjacent to an activating group) is 1. The van der Waals surface area contributed by atoms with Crippen LogP contribution in [0.4, 0.5) is 0 Å². The van der Waals surface area contributed by atoms with E-state index in [-0.39, 0.29) is 0 Å². The summed E-state index contributed by atoms with van der Waals surface area (Å²) in [6.07, 6.45) is 2.65. The van der Waals surface area contributed by atoms with Crippen LogP contribution in [0.3, 0.4) is 0 Å². The van der Waals surface area contributed by atoms with E-state index in [1.807, 2.05) is 0 Å². The Morgan fingerprint density at radius 1 is 1.12 bits per heavy atom. The first kappa shape index (κ1) is 13.3. The Labute approximate surface area is 106 Å². The monoisotopic (exact) mass is 241 g/mol. The molecule has 2 unspecified atom stereocenters. The molecule has 0 saturated carbocycles. The van der Waals surface area contributed by atoms with Crippen LogP contribution >= 0.6 is 0 Å². The van der Waals surface area contributed by atoms with Crippen molar-refractivity contribution in [2.24, 2.45) is 0 Å². The third kappa shape index (κ3) is 3.65. The van der Waals surface area contributed by atoms with Gasteiger partial charge in [0.1, 0.15) is 6.67 Å². The molecule has 0 aliphatic carbocycles. The summed E-state index contributed by atoms with van der Waals surface area (Å²) in [4.78, 5) is 5.19. The molecule has 0 aromatic heterocycles. The average molecular weight is 241 g/mol. The van der Waals surface area contributed by atoms with E-state index >= 15 is 0 Å². The molecule has 2 atom stereocenters. The fraction of sp³-hybridized carbons (Fsp3) is 1.00. The highest BCUT2D eigenvalue weighted by molar-refractivity contribution is 4.67. The highest BCUT2D eigenvalue weighted by atomic mass is 15.5. The minimum absolute atomic E-state index is 1.16. The quantitative estimate of drug-likeness (QED) is 0.553. The maximum atomic E-state index is 3.28. The fourth-order valence-electron chi connectivity index (χ4n) is 3.23. The van der Waals surface area contributed by atoms with Gasteiger partial charge in [0.05, 0.1) is 26.2 Å². The lowest BCUT2D eigenvalue weighted by Gasteiger charge is -2.35. The lowest BCUT2D eigenvalue weighted by Crippen LogP contribution is -2.51. The lowest BCUT2D eigenvalue weighted by molar-refractivity contribution is -0.920. The molecule has 2 heterocycles. The first-order valence-corrected chi connectivity index (χ1v) is 7.15. The van der Waals surface area contributed by atoms with Crippen molar-refractivity contribution in [1.29, 1.82) is 0 Å². The summed E-state index contributed by atoms with van der Waals surface area (Å²) < 4.78 is 1.34. The summed E-state index contributed by atoms with van der Waals surface area (Å²) in [6, 6.07) is 0. The number of hydrogen-bond acceptors (Lipinski definition) is 3. The van der Waals surface area contributed by atoms with Crippen LogP contribution in [0.25, 0.3) is 0 Å². The van der Waals surface area contributed by atoms with Gasteiger partial charge in [-0.1, -0.05) is 0 Å².